The maximum absolute atomic E-state index is 5.56. The fraction of sp³-hybridized carbons (Fsp3) is 0.500. The van der Waals surface area contributed by atoms with Gasteiger partial charge in [0, 0.05) is 13.2 Å². The minimum absolute atomic E-state index is 0.218. The van der Waals surface area contributed by atoms with Crippen LogP contribution in [0.4, 0.5) is 0 Å². The van der Waals surface area contributed by atoms with Crippen molar-refractivity contribution in [2.45, 2.75) is 26.4 Å². The van der Waals surface area contributed by atoms with Crippen molar-refractivity contribution in [2.75, 3.05) is 13.2 Å². The van der Waals surface area contributed by atoms with Crippen LogP contribution in [0.1, 0.15) is 19.4 Å². The standard InChI is InChI=1S/C12H18O3Si/c1-3-13-12(14-4-2)16-15-10-11-8-6-5-7-9-11/h5-9,12H,3-4,10H2,1-2H3. The lowest BCUT2D eigenvalue weighted by molar-refractivity contribution is -0.0903. The molecule has 0 aromatic heterocycles. The van der Waals surface area contributed by atoms with E-state index in [9.17, 15) is 0 Å². The summed E-state index contributed by atoms with van der Waals surface area (Å²) < 4.78 is 16.3. The van der Waals surface area contributed by atoms with Gasteiger partial charge in [0.25, 0.3) is 9.76 Å². The maximum atomic E-state index is 5.56. The van der Waals surface area contributed by atoms with E-state index in [0.717, 1.165) is 0 Å². The Morgan fingerprint density at radius 2 is 1.69 bits per heavy atom. The van der Waals surface area contributed by atoms with Crippen LogP contribution in [0.2, 0.25) is 0 Å². The molecule has 0 spiro atoms. The molecular weight excluding hydrogens is 220 g/mol. The van der Waals surface area contributed by atoms with Crippen LogP contribution in [0, 0.1) is 0 Å². The van der Waals surface area contributed by atoms with Crippen LogP contribution < -0.4 is 0 Å². The SMILES string of the molecule is CCOC(OCC)[Si]OCc1ccccc1. The Balaban J connectivity index is 2.22. The van der Waals surface area contributed by atoms with Crippen LogP contribution in [0.15, 0.2) is 30.3 Å². The number of hydrogen-bond acceptors (Lipinski definition) is 3. The lowest BCUT2D eigenvalue weighted by atomic mass is 10.2. The second-order valence-corrected chi connectivity index (χ2v) is 4.13. The van der Waals surface area contributed by atoms with Crippen molar-refractivity contribution in [3.05, 3.63) is 35.9 Å². The average molecular weight is 238 g/mol. The molecule has 0 amide bonds. The van der Waals surface area contributed by atoms with Crippen molar-refractivity contribution in [3.63, 3.8) is 0 Å². The van der Waals surface area contributed by atoms with Crippen LogP contribution in [0.25, 0.3) is 0 Å². The summed E-state index contributed by atoms with van der Waals surface area (Å²) in [7, 11) is 0.218. The number of hydrogen-bond donors (Lipinski definition) is 0. The topological polar surface area (TPSA) is 27.7 Å². The largest absolute Gasteiger partial charge is 0.408 e. The zero-order valence-corrected chi connectivity index (χ0v) is 10.8. The average Bonchev–Trinajstić information content (AvgIpc) is 2.31. The van der Waals surface area contributed by atoms with Crippen LogP contribution in [0.5, 0.6) is 0 Å². The van der Waals surface area contributed by atoms with E-state index in [4.69, 9.17) is 13.9 Å². The molecule has 88 valence electrons. The van der Waals surface area contributed by atoms with Crippen molar-refractivity contribution < 1.29 is 13.9 Å². The van der Waals surface area contributed by atoms with Crippen molar-refractivity contribution >= 4 is 9.76 Å². The molecule has 0 atom stereocenters. The molecule has 4 heteroatoms. The third-order valence-electron chi connectivity index (χ3n) is 1.90. The van der Waals surface area contributed by atoms with Gasteiger partial charge in [-0.05, 0) is 19.4 Å². The Labute approximate surface area is 99.7 Å². The van der Waals surface area contributed by atoms with E-state index in [2.05, 4.69) is 0 Å². The first-order chi connectivity index (χ1) is 7.86. The molecule has 0 saturated carbocycles. The van der Waals surface area contributed by atoms with E-state index in [-0.39, 0.29) is 15.7 Å². The molecule has 0 bridgehead atoms. The summed E-state index contributed by atoms with van der Waals surface area (Å²) in [4.78, 5) is 0. The predicted octanol–water partition coefficient (Wildman–Crippen LogP) is 2.18. The molecule has 0 fully saturated rings. The van der Waals surface area contributed by atoms with Gasteiger partial charge in [-0.2, -0.15) is 0 Å². The molecule has 0 heterocycles. The van der Waals surface area contributed by atoms with Crippen molar-refractivity contribution in [1.29, 1.82) is 0 Å². The predicted molar refractivity (Wildman–Crippen MR) is 64.0 cm³/mol. The molecule has 3 nitrogen and oxygen atoms in total. The van der Waals surface area contributed by atoms with Gasteiger partial charge in [-0.3, -0.25) is 0 Å². The second-order valence-electron chi connectivity index (χ2n) is 3.13. The highest BCUT2D eigenvalue weighted by atomic mass is 28.2. The van der Waals surface area contributed by atoms with Gasteiger partial charge in [0.1, 0.15) is 0 Å². The molecule has 0 aliphatic carbocycles. The van der Waals surface area contributed by atoms with Crippen molar-refractivity contribution in [3.8, 4) is 0 Å². The van der Waals surface area contributed by atoms with E-state index in [1.54, 1.807) is 0 Å². The van der Waals surface area contributed by atoms with Gasteiger partial charge in [0.15, 0.2) is 5.91 Å². The lowest BCUT2D eigenvalue weighted by Gasteiger charge is -2.15. The van der Waals surface area contributed by atoms with Gasteiger partial charge in [-0.25, -0.2) is 0 Å². The molecule has 1 aromatic carbocycles. The third-order valence-corrected chi connectivity index (χ3v) is 2.73. The smallest absolute Gasteiger partial charge is 0.300 e. The maximum Gasteiger partial charge on any atom is 0.300 e. The number of rotatable bonds is 8. The quantitative estimate of drug-likeness (QED) is 0.513. The van der Waals surface area contributed by atoms with Gasteiger partial charge in [0.2, 0.25) is 0 Å². The van der Waals surface area contributed by atoms with E-state index < -0.39 is 0 Å². The molecule has 0 aliphatic heterocycles. The zero-order valence-electron chi connectivity index (χ0n) is 9.81. The highest BCUT2D eigenvalue weighted by molar-refractivity contribution is 6.28. The minimum Gasteiger partial charge on any atom is -0.408 e. The third kappa shape index (κ3) is 5.41. The summed E-state index contributed by atoms with van der Waals surface area (Å²) in [5.41, 5.74) is 1.17. The van der Waals surface area contributed by atoms with E-state index in [0.29, 0.717) is 19.8 Å². The Hall–Kier alpha value is -0.683. The highest BCUT2D eigenvalue weighted by Crippen LogP contribution is 2.01. The first-order valence-electron chi connectivity index (χ1n) is 5.51. The van der Waals surface area contributed by atoms with Crippen molar-refractivity contribution in [1.82, 2.24) is 0 Å². The minimum atomic E-state index is -0.223. The van der Waals surface area contributed by atoms with Crippen molar-refractivity contribution in [2.24, 2.45) is 0 Å². The zero-order chi connectivity index (χ0) is 11.6. The summed E-state index contributed by atoms with van der Waals surface area (Å²) in [5.74, 6) is -0.223. The van der Waals surface area contributed by atoms with Crippen LogP contribution in [-0.4, -0.2) is 28.9 Å². The van der Waals surface area contributed by atoms with Crippen LogP contribution >= 0.6 is 0 Å². The van der Waals surface area contributed by atoms with Gasteiger partial charge in [-0.1, -0.05) is 30.3 Å². The molecule has 0 N–H and O–H groups in total. The molecule has 16 heavy (non-hydrogen) atoms. The molecule has 2 radical (unpaired) electrons. The van der Waals surface area contributed by atoms with E-state index >= 15 is 0 Å². The number of ether oxygens (including phenoxy) is 2. The van der Waals surface area contributed by atoms with Gasteiger partial charge < -0.3 is 13.9 Å². The Morgan fingerprint density at radius 3 is 2.25 bits per heavy atom. The molecule has 1 rings (SSSR count). The normalized spacial score (nSPS) is 10.9. The summed E-state index contributed by atoms with van der Waals surface area (Å²) in [6.07, 6.45) is 0. The summed E-state index contributed by atoms with van der Waals surface area (Å²) in [6, 6.07) is 10.1. The van der Waals surface area contributed by atoms with Crippen LogP contribution in [0.3, 0.4) is 0 Å². The fourth-order valence-corrected chi connectivity index (χ4v) is 2.04. The van der Waals surface area contributed by atoms with Crippen LogP contribution in [-0.2, 0) is 20.5 Å². The lowest BCUT2D eigenvalue weighted by Crippen LogP contribution is -2.26. The first-order valence-corrected chi connectivity index (χ1v) is 6.49. The second kappa shape index (κ2) is 8.47. The molecule has 0 unspecified atom stereocenters. The van der Waals surface area contributed by atoms with Gasteiger partial charge >= 0.3 is 0 Å². The number of benzene rings is 1. The van der Waals surface area contributed by atoms with Gasteiger partial charge in [0.05, 0.1) is 6.61 Å². The Morgan fingerprint density at radius 1 is 1.06 bits per heavy atom. The summed E-state index contributed by atoms with van der Waals surface area (Å²) in [5, 5.41) is 0. The fourth-order valence-electron chi connectivity index (χ4n) is 1.19. The summed E-state index contributed by atoms with van der Waals surface area (Å²) >= 11 is 0. The van der Waals surface area contributed by atoms with E-state index in [1.807, 2.05) is 44.2 Å². The molecule has 1 aromatic rings. The first kappa shape index (κ1) is 13.4. The molecule has 0 saturated heterocycles. The van der Waals surface area contributed by atoms with E-state index in [1.165, 1.54) is 5.56 Å². The van der Waals surface area contributed by atoms with Gasteiger partial charge in [-0.15, -0.1) is 0 Å². The summed E-state index contributed by atoms with van der Waals surface area (Å²) in [6.45, 7) is 5.80. The highest BCUT2D eigenvalue weighted by Gasteiger charge is 2.10. The Bertz CT molecular complexity index is 260. The monoisotopic (exact) mass is 238 g/mol. The molecule has 0 aliphatic rings. The Kier molecular flexibility index (Phi) is 7.08. The molecular formula is C12H18O3Si.